The summed E-state index contributed by atoms with van der Waals surface area (Å²) in [5, 5.41) is 0. The van der Waals surface area contributed by atoms with Crippen molar-refractivity contribution < 1.29 is 12.8 Å². The maximum Gasteiger partial charge on any atom is 0.178 e. The fourth-order valence-corrected chi connectivity index (χ4v) is 2.70. The zero-order chi connectivity index (χ0) is 14.8. The lowest BCUT2D eigenvalue weighted by atomic mass is 10.2. The van der Waals surface area contributed by atoms with E-state index in [9.17, 15) is 12.8 Å². The lowest BCUT2D eigenvalue weighted by Crippen LogP contribution is -2.03. The molecule has 0 spiro atoms. The van der Waals surface area contributed by atoms with Crippen molar-refractivity contribution in [2.45, 2.75) is 25.2 Å². The highest BCUT2D eigenvalue weighted by Gasteiger charge is 2.16. The van der Waals surface area contributed by atoms with Crippen molar-refractivity contribution in [3.63, 3.8) is 0 Å². The third-order valence-corrected chi connectivity index (χ3v) is 5.02. The minimum atomic E-state index is -3.02. The standard InChI is InChI=1S/C10H14O2S.C6H3F/c1-3-9-5-7-10(8-6-9)13(11,12)4-2;7-6-2-1-4-3-5(4)6/h5-8H,3-4H2,1-2H3;1-3H. The first kappa shape index (κ1) is 14.7. The van der Waals surface area contributed by atoms with Crippen molar-refractivity contribution in [3.05, 3.63) is 53.8 Å². The van der Waals surface area contributed by atoms with Gasteiger partial charge in [0.25, 0.3) is 0 Å². The highest BCUT2D eigenvalue weighted by molar-refractivity contribution is 7.91. The van der Waals surface area contributed by atoms with Crippen LogP contribution in [0.25, 0.3) is 11.1 Å². The molecular weight excluding hydrogens is 275 g/mol. The summed E-state index contributed by atoms with van der Waals surface area (Å²) in [6.07, 6.45) is 0.937. The molecule has 0 N–H and O–H groups in total. The van der Waals surface area contributed by atoms with Gasteiger partial charge in [-0.15, -0.1) is 0 Å². The minimum Gasteiger partial charge on any atom is -0.224 e. The van der Waals surface area contributed by atoms with Crippen LogP contribution < -0.4 is 0 Å². The first-order valence-corrected chi connectivity index (χ1v) is 8.24. The molecule has 1 aromatic rings. The van der Waals surface area contributed by atoms with E-state index in [4.69, 9.17) is 0 Å². The molecule has 0 radical (unpaired) electrons. The molecule has 0 heterocycles. The molecule has 106 valence electrons. The van der Waals surface area contributed by atoms with Gasteiger partial charge >= 0.3 is 0 Å². The summed E-state index contributed by atoms with van der Waals surface area (Å²) < 4.78 is 34.9. The normalized spacial score (nSPS) is 11.6. The van der Waals surface area contributed by atoms with Crippen molar-refractivity contribution in [3.8, 4) is 11.1 Å². The van der Waals surface area contributed by atoms with Crippen LogP contribution in [0.5, 0.6) is 0 Å². The number of rotatable bonds is 3. The molecule has 0 aromatic heterocycles. The Labute approximate surface area is 119 Å². The van der Waals surface area contributed by atoms with Crippen LogP contribution in [0.1, 0.15) is 19.4 Å². The fraction of sp³-hybridized carbons (Fsp3) is 0.250. The number of hydrogen-bond acceptors (Lipinski definition) is 2. The molecule has 20 heavy (non-hydrogen) atoms. The van der Waals surface area contributed by atoms with Gasteiger partial charge in [-0.25, -0.2) is 12.8 Å². The Hall–Kier alpha value is -1.68. The molecular formula is C16H17FO2S. The maximum absolute atomic E-state index is 12.1. The Bertz CT molecular complexity index is 704. The van der Waals surface area contributed by atoms with Gasteiger partial charge in [0, 0.05) is 5.56 Å². The molecule has 0 saturated carbocycles. The number of sulfone groups is 1. The third-order valence-electron chi connectivity index (χ3n) is 3.26. The van der Waals surface area contributed by atoms with E-state index < -0.39 is 9.84 Å². The highest BCUT2D eigenvalue weighted by atomic mass is 32.2. The summed E-state index contributed by atoms with van der Waals surface area (Å²) >= 11 is 0. The van der Waals surface area contributed by atoms with E-state index in [0.717, 1.165) is 23.1 Å². The van der Waals surface area contributed by atoms with Gasteiger partial charge in [0.15, 0.2) is 9.84 Å². The number of aryl methyl sites for hydroxylation is 1. The molecule has 0 fully saturated rings. The average molecular weight is 292 g/mol. The van der Waals surface area contributed by atoms with Gasteiger partial charge in [-0.2, -0.15) is 0 Å². The van der Waals surface area contributed by atoms with Crippen LogP contribution in [0.4, 0.5) is 4.39 Å². The van der Waals surface area contributed by atoms with Crippen LogP contribution in [0, 0.1) is 5.82 Å². The van der Waals surface area contributed by atoms with E-state index in [-0.39, 0.29) is 11.6 Å². The average Bonchev–Trinajstić information content (AvgIpc) is 3.18. The molecule has 0 aliphatic heterocycles. The van der Waals surface area contributed by atoms with Crippen molar-refractivity contribution >= 4 is 9.84 Å². The van der Waals surface area contributed by atoms with E-state index in [1.165, 1.54) is 6.07 Å². The molecule has 0 bridgehead atoms. The van der Waals surface area contributed by atoms with Crippen LogP contribution >= 0.6 is 0 Å². The summed E-state index contributed by atoms with van der Waals surface area (Å²) in [6.45, 7) is 3.70. The predicted octanol–water partition coefficient (Wildman–Crippen LogP) is 3.85. The molecule has 0 saturated heterocycles. The Morgan fingerprint density at radius 3 is 1.95 bits per heavy atom. The lowest BCUT2D eigenvalue weighted by Gasteiger charge is -2.01. The number of hydrogen-bond donors (Lipinski definition) is 0. The van der Waals surface area contributed by atoms with E-state index in [1.807, 2.05) is 25.1 Å². The van der Waals surface area contributed by atoms with Crippen molar-refractivity contribution in [2.75, 3.05) is 5.75 Å². The SMILES string of the molecule is CCc1ccc(S(=O)(=O)CC)cc1.Fc1ccc2cc1-2. The Morgan fingerprint density at radius 1 is 1.00 bits per heavy atom. The van der Waals surface area contributed by atoms with Crippen LogP contribution in [-0.2, 0) is 16.3 Å². The Morgan fingerprint density at radius 2 is 1.65 bits per heavy atom. The molecule has 0 unspecified atom stereocenters. The zero-order valence-electron chi connectivity index (χ0n) is 11.6. The maximum atomic E-state index is 12.1. The Balaban J connectivity index is 0.000000173. The monoisotopic (exact) mass is 292 g/mol. The third kappa shape index (κ3) is 3.25. The Kier molecular flexibility index (Phi) is 4.23. The number of benzene rings is 2. The molecule has 0 amide bonds. The van der Waals surface area contributed by atoms with Crippen molar-refractivity contribution in [1.82, 2.24) is 0 Å². The van der Waals surface area contributed by atoms with Crippen LogP contribution in [-0.4, -0.2) is 14.2 Å². The fourth-order valence-electron chi connectivity index (χ4n) is 1.82. The number of fused-ring (bicyclic) bond motifs is 1. The van der Waals surface area contributed by atoms with E-state index in [1.54, 1.807) is 25.1 Å². The first-order chi connectivity index (χ1) is 9.47. The van der Waals surface area contributed by atoms with Crippen molar-refractivity contribution in [1.29, 1.82) is 0 Å². The highest BCUT2D eigenvalue weighted by Crippen LogP contribution is 2.36. The molecule has 2 aliphatic carbocycles. The van der Waals surface area contributed by atoms with Crippen LogP contribution in [0.3, 0.4) is 0 Å². The predicted molar refractivity (Wildman–Crippen MR) is 78.9 cm³/mol. The van der Waals surface area contributed by atoms with Gasteiger partial charge in [0.2, 0.25) is 0 Å². The summed E-state index contributed by atoms with van der Waals surface area (Å²) in [5.74, 6) is 0.0911. The molecule has 1 aromatic carbocycles. The van der Waals surface area contributed by atoms with Crippen LogP contribution in [0.15, 0.2) is 47.4 Å². The van der Waals surface area contributed by atoms with Gasteiger partial charge in [0.1, 0.15) is 5.82 Å². The summed E-state index contributed by atoms with van der Waals surface area (Å²) in [5.41, 5.74) is 3.03. The summed E-state index contributed by atoms with van der Waals surface area (Å²) in [6, 6.07) is 12.2. The van der Waals surface area contributed by atoms with Gasteiger partial charge < -0.3 is 0 Å². The molecule has 2 aliphatic rings. The van der Waals surface area contributed by atoms with Gasteiger partial charge in [-0.05, 0) is 41.8 Å². The van der Waals surface area contributed by atoms with Gasteiger partial charge in [0.05, 0.1) is 10.6 Å². The minimum absolute atomic E-state index is 0.0741. The van der Waals surface area contributed by atoms with Crippen LogP contribution in [0.2, 0.25) is 0 Å². The first-order valence-electron chi connectivity index (χ1n) is 6.59. The number of halogens is 1. The van der Waals surface area contributed by atoms with Gasteiger partial charge in [-0.3, -0.25) is 0 Å². The topological polar surface area (TPSA) is 34.1 Å². The van der Waals surface area contributed by atoms with Crippen molar-refractivity contribution in [2.24, 2.45) is 0 Å². The quantitative estimate of drug-likeness (QED) is 0.735. The summed E-state index contributed by atoms with van der Waals surface area (Å²) in [7, 11) is -3.02. The largest absolute Gasteiger partial charge is 0.224 e. The molecule has 0 atom stereocenters. The molecule has 4 heteroatoms. The second kappa shape index (κ2) is 5.75. The molecule has 3 rings (SSSR count). The second-order valence-electron chi connectivity index (χ2n) is 4.60. The smallest absolute Gasteiger partial charge is 0.178 e. The van der Waals surface area contributed by atoms with E-state index in [0.29, 0.717) is 4.90 Å². The molecule has 2 nitrogen and oxygen atoms in total. The second-order valence-corrected chi connectivity index (χ2v) is 6.87. The van der Waals surface area contributed by atoms with E-state index in [2.05, 4.69) is 0 Å². The summed E-state index contributed by atoms with van der Waals surface area (Å²) in [4.78, 5) is 0.423. The van der Waals surface area contributed by atoms with Gasteiger partial charge in [-0.1, -0.05) is 32.0 Å². The lowest BCUT2D eigenvalue weighted by molar-refractivity contribution is 0.597. The van der Waals surface area contributed by atoms with E-state index >= 15 is 0 Å². The zero-order valence-corrected chi connectivity index (χ0v) is 12.4.